The molecule has 8 heteroatoms. The molecule has 1 aliphatic heterocycles. The van der Waals surface area contributed by atoms with Crippen LogP contribution in [-0.4, -0.2) is 44.6 Å². The molecule has 0 bridgehead atoms. The van der Waals surface area contributed by atoms with Crippen molar-refractivity contribution in [2.45, 2.75) is 45.8 Å². The summed E-state index contributed by atoms with van der Waals surface area (Å²) in [7, 11) is 1.74. The summed E-state index contributed by atoms with van der Waals surface area (Å²) in [5.41, 5.74) is 5.03. The van der Waals surface area contributed by atoms with Crippen LogP contribution in [0.3, 0.4) is 0 Å². The van der Waals surface area contributed by atoms with Gasteiger partial charge in [0, 0.05) is 51.3 Å². The Bertz CT molecular complexity index is 1500. The van der Waals surface area contributed by atoms with Gasteiger partial charge >= 0.3 is 0 Å². The van der Waals surface area contributed by atoms with Crippen molar-refractivity contribution in [3.63, 3.8) is 0 Å². The highest BCUT2D eigenvalue weighted by molar-refractivity contribution is 5.89. The van der Waals surface area contributed by atoms with Crippen LogP contribution in [0.15, 0.2) is 45.6 Å². The van der Waals surface area contributed by atoms with Gasteiger partial charge in [-0.25, -0.2) is 4.98 Å². The van der Waals surface area contributed by atoms with E-state index in [1.807, 2.05) is 25.1 Å². The molecule has 8 nitrogen and oxygen atoms in total. The number of hydrogen-bond acceptors (Lipinski definition) is 6. The second-order valence-corrected chi connectivity index (χ2v) is 9.23. The summed E-state index contributed by atoms with van der Waals surface area (Å²) in [6, 6.07) is 11.8. The van der Waals surface area contributed by atoms with Gasteiger partial charge in [-0.05, 0) is 44.5 Å². The molecule has 4 heterocycles. The summed E-state index contributed by atoms with van der Waals surface area (Å²) in [6.45, 7) is 17.4. The number of aryl methyl sites for hydroxylation is 2. The average molecular weight is 457 g/mol. The predicted molar refractivity (Wildman–Crippen MR) is 133 cm³/mol. The fraction of sp³-hybridized carbons (Fsp3) is 0.385. The zero-order valence-corrected chi connectivity index (χ0v) is 20.1. The second-order valence-electron chi connectivity index (χ2n) is 9.23. The molecule has 1 unspecified atom stereocenters. The zero-order valence-electron chi connectivity index (χ0n) is 20.1. The lowest BCUT2D eigenvalue weighted by molar-refractivity contribution is 0.120. The van der Waals surface area contributed by atoms with Crippen LogP contribution in [0, 0.1) is 13.5 Å². The Kier molecular flexibility index (Phi) is 5.37. The van der Waals surface area contributed by atoms with Crippen molar-refractivity contribution in [3.05, 3.63) is 69.6 Å². The molecule has 1 aliphatic rings. The fourth-order valence-electron chi connectivity index (χ4n) is 5.21. The average Bonchev–Trinajstić information content (AvgIpc) is 3.22. The van der Waals surface area contributed by atoms with E-state index < -0.39 is 0 Å². The van der Waals surface area contributed by atoms with Gasteiger partial charge in [0.25, 0.3) is 11.4 Å². The van der Waals surface area contributed by atoms with Gasteiger partial charge in [-0.2, -0.15) is 0 Å². The first-order chi connectivity index (χ1) is 16.3. The van der Waals surface area contributed by atoms with Crippen molar-refractivity contribution in [1.29, 1.82) is 0 Å². The number of aromatic nitrogens is 3. The predicted octanol–water partition coefficient (Wildman–Crippen LogP) is 4.59. The summed E-state index contributed by atoms with van der Waals surface area (Å²) in [6.07, 6.45) is 0. The highest BCUT2D eigenvalue weighted by Crippen LogP contribution is 2.35. The molecule has 174 valence electrons. The van der Waals surface area contributed by atoms with Gasteiger partial charge in [-0.3, -0.25) is 9.69 Å². The van der Waals surface area contributed by atoms with E-state index in [1.165, 1.54) is 0 Å². The van der Waals surface area contributed by atoms with Crippen LogP contribution in [0.1, 0.15) is 38.3 Å². The lowest BCUT2D eigenvalue weighted by atomic mass is 9.99. The molecule has 0 spiro atoms. The van der Waals surface area contributed by atoms with Crippen molar-refractivity contribution in [3.8, 4) is 0 Å². The minimum absolute atomic E-state index is 0.0800. The molecular formula is C26H28N6O2. The van der Waals surface area contributed by atoms with E-state index >= 15 is 0 Å². The quantitative estimate of drug-likeness (QED) is 0.420. The number of oxazole rings is 1. The maximum atomic E-state index is 12.7. The number of pyridine rings is 2. The molecule has 1 saturated heterocycles. The van der Waals surface area contributed by atoms with E-state index in [1.54, 1.807) is 23.7 Å². The fourth-order valence-corrected chi connectivity index (χ4v) is 5.21. The number of rotatable bonds is 3. The standard InChI is InChI=1S/C26H28N6O2/c1-15-14-32(21-12-24(33)30(6)20-10-11-23(27-5)29-26(20)21)16(2)13-31(15)17(3)19-8-7-9-22-25(19)28-18(4)34-22/h7-12,15-17H,13-14H2,1-4,6H3/t15-,16+,17?/m1/s1. The van der Waals surface area contributed by atoms with E-state index in [9.17, 15) is 4.79 Å². The molecule has 1 aromatic carbocycles. The van der Waals surface area contributed by atoms with E-state index in [-0.39, 0.29) is 23.7 Å². The molecule has 0 N–H and O–H groups in total. The number of para-hydroxylation sites is 1. The molecule has 3 aromatic heterocycles. The highest BCUT2D eigenvalue weighted by atomic mass is 16.3. The summed E-state index contributed by atoms with van der Waals surface area (Å²) in [5.74, 6) is 1.00. The first-order valence-electron chi connectivity index (χ1n) is 11.5. The number of hydrogen-bond donors (Lipinski definition) is 0. The summed E-state index contributed by atoms with van der Waals surface area (Å²) in [5, 5.41) is 0. The largest absolute Gasteiger partial charge is 0.441 e. The first kappa shape index (κ1) is 22.1. The minimum Gasteiger partial charge on any atom is -0.441 e. The second kappa shape index (κ2) is 8.26. The third kappa shape index (κ3) is 3.53. The van der Waals surface area contributed by atoms with Crippen LogP contribution in [0.5, 0.6) is 0 Å². The Hall–Kier alpha value is -3.70. The van der Waals surface area contributed by atoms with Gasteiger partial charge < -0.3 is 18.7 Å². The molecule has 0 radical (unpaired) electrons. The topological polar surface area (TPSA) is 71.8 Å². The van der Waals surface area contributed by atoms with Crippen molar-refractivity contribution in [2.75, 3.05) is 18.0 Å². The maximum Gasteiger partial charge on any atom is 0.270 e. The molecular weight excluding hydrogens is 428 g/mol. The molecule has 0 amide bonds. The van der Waals surface area contributed by atoms with Crippen LogP contribution in [0.4, 0.5) is 11.5 Å². The van der Waals surface area contributed by atoms with E-state index in [2.05, 4.69) is 51.5 Å². The van der Waals surface area contributed by atoms with Crippen molar-refractivity contribution >= 4 is 33.6 Å². The summed E-state index contributed by atoms with van der Waals surface area (Å²) >= 11 is 0. The third-order valence-corrected chi connectivity index (χ3v) is 7.02. The third-order valence-electron chi connectivity index (χ3n) is 7.02. The monoisotopic (exact) mass is 456 g/mol. The SMILES string of the molecule is [C-]#[N+]c1ccc2c(n1)c(N1C[C@@H](C)N(C(C)c3cccc4oc(C)nc34)C[C@@H]1C)cc(=O)n2C. The molecule has 34 heavy (non-hydrogen) atoms. The molecule has 0 saturated carbocycles. The van der Waals surface area contributed by atoms with E-state index in [4.69, 9.17) is 11.0 Å². The van der Waals surface area contributed by atoms with E-state index in [0.717, 1.165) is 41.0 Å². The van der Waals surface area contributed by atoms with Crippen LogP contribution in [0.2, 0.25) is 0 Å². The van der Waals surface area contributed by atoms with Crippen LogP contribution in [-0.2, 0) is 7.05 Å². The van der Waals surface area contributed by atoms with Gasteiger partial charge in [0.15, 0.2) is 11.5 Å². The minimum atomic E-state index is -0.0800. The van der Waals surface area contributed by atoms with Crippen molar-refractivity contribution in [1.82, 2.24) is 19.4 Å². The Morgan fingerprint density at radius 3 is 2.68 bits per heavy atom. The first-order valence-corrected chi connectivity index (χ1v) is 11.5. The summed E-state index contributed by atoms with van der Waals surface area (Å²) in [4.78, 5) is 30.2. The Morgan fingerprint density at radius 2 is 1.91 bits per heavy atom. The van der Waals surface area contributed by atoms with Crippen LogP contribution < -0.4 is 10.5 Å². The Morgan fingerprint density at radius 1 is 1.12 bits per heavy atom. The van der Waals surface area contributed by atoms with Crippen LogP contribution >= 0.6 is 0 Å². The van der Waals surface area contributed by atoms with Crippen molar-refractivity contribution in [2.24, 2.45) is 7.05 Å². The van der Waals surface area contributed by atoms with Gasteiger partial charge in [0.05, 0.1) is 11.2 Å². The Balaban J connectivity index is 1.51. The maximum absolute atomic E-state index is 12.7. The van der Waals surface area contributed by atoms with Crippen molar-refractivity contribution < 1.29 is 4.42 Å². The van der Waals surface area contributed by atoms with Gasteiger partial charge in [0.2, 0.25) is 5.52 Å². The number of fused-ring (bicyclic) bond motifs is 2. The molecule has 0 aliphatic carbocycles. The van der Waals surface area contributed by atoms with Gasteiger partial charge in [-0.1, -0.05) is 18.7 Å². The van der Waals surface area contributed by atoms with Gasteiger partial charge in [0.1, 0.15) is 5.52 Å². The molecule has 1 fully saturated rings. The number of nitrogens with zero attached hydrogens (tertiary/aromatic N) is 6. The number of piperazine rings is 1. The van der Waals surface area contributed by atoms with Crippen LogP contribution in [0.25, 0.3) is 27.0 Å². The Labute approximate surface area is 198 Å². The summed E-state index contributed by atoms with van der Waals surface area (Å²) < 4.78 is 7.34. The zero-order chi connectivity index (χ0) is 24.1. The highest BCUT2D eigenvalue weighted by Gasteiger charge is 2.35. The lowest BCUT2D eigenvalue weighted by Gasteiger charge is -2.47. The smallest absolute Gasteiger partial charge is 0.270 e. The molecule has 5 rings (SSSR count). The van der Waals surface area contributed by atoms with E-state index in [0.29, 0.717) is 17.2 Å². The molecule has 4 aromatic rings. The van der Waals surface area contributed by atoms with Gasteiger partial charge in [-0.15, -0.1) is 4.98 Å². The molecule has 3 atom stereocenters. The number of anilines is 1. The normalized spacial score (nSPS) is 20.1. The number of benzene rings is 1. The lowest BCUT2D eigenvalue weighted by Crippen LogP contribution is -2.57.